The van der Waals surface area contributed by atoms with Gasteiger partial charge < -0.3 is 5.73 Å². The van der Waals surface area contributed by atoms with Crippen LogP contribution in [0.3, 0.4) is 0 Å². The molecule has 0 aliphatic heterocycles. The molecule has 0 saturated heterocycles. The van der Waals surface area contributed by atoms with E-state index in [0.717, 1.165) is 0 Å². The lowest BCUT2D eigenvalue weighted by Gasteiger charge is -2.12. The maximum absolute atomic E-state index is 5.72. The summed E-state index contributed by atoms with van der Waals surface area (Å²) in [6, 6.07) is 0. The molecule has 56 valence electrons. The summed E-state index contributed by atoms with van der Waals surface area (Å²) in [5, 5.41) is 6.50. The summed E-state index contributed by atoms with van der Waals surface area (Å²) in [7, 11) is 0. The number of nitrogens with two attached hydrogens (primary N) is 1. The van der Waals surface area contributed by atoms with Gasteiger partial charge in [0.2, 0.25) is 4.73 Å². The van der Waals surface area contributed by atoms with Crippen LogP contribution in [0, 0.1) is 0 Å². The van der Waals surface area contributed by atoms with E-state index in [2.05, 4.69) is 31.1 Å². The van der Waals surface area contributed by atoms with E-state index in [1.54, 1.807) is 0 Å². The molecule has 4 nitrogen and oxygen atoms in total. The fraction of sp³-hybridized carbons (Fsp3) is 0.600. The highest BCUT2D eigenvalue weighted by Gasteiger charge is 2.17. The van der Waals surface area contributed by atoms with Crippen LogP contribution in [-0.2, 0) is 5.54 Å². The molecule has 10 heavy (non-hydrogen) atoms. The summed E-state index contributed by atoms with van der Waals surface area (Å²) in [4.78, 5) is 4.01. The zero-order valence-corrected chi connectivity index (χ0v) is 7.44. The second-order valence-electron chi connectivity index (χ2n) is 2.67. The monoisotopic (exact) mass is 204 g/mol. The highest BCUT2D eigenvalue weighted by Crippen LogP contribution is 2.12. The van der Waals surface area contributed by atoms with Gasteiger partial charge in [0, 0.05) is 0 Å². The average molecular weight is 205 g/mol. The Bertz CT molecular complexity index is 224. The smallest absolute Gasteiger partial charge is 0.217 e. The van der Waals surface area contributed by atoms with E-state index < -0.39 is 5.54 Å². The first-order valence-electron chi connectivity index (χ1n) is 2.87. The molecule has 0 spiro atoms. The van der Waals surface area contributed by atoms with Crippen molar-refractivity contribution in [3.63, 3.8) is 0 Å². The second kappa shape index (κ2) is 2.32. The van der Waals surface area contributed by atoms with Gasteiger partial charge >= 0.3 is 0 Å². The molecule has 0 aliphatic carbocycles. The van der Waals surface area contributed by atoms with Gasteiger partial charge in [-0.15, -0.1) is 5.10 Å². The number of aromatic amines is 1. The van der Waals surface area contributed by atoms with Crippen molar-refractivity contribution in [1.29, 1.82) is 0 Å². The largest absolute Gasteiger partial charge is 0.319 e. The molecule has 0 saturated carbocycles. The van der Waals surface area contributed by atoms with Crippen molar-refractivity contribution in [1.82, 2.24) is 15.2 Å². The molecule has 1 aromatic heterocycles. The number of aromatic nitrogens is 3. The standard InChI is InChI=1S/C5H9BrN4/c1-5(2,7)3-8-4(6)10-9-3/h7H2,1-2H3,(H,8,9,10). The molecule has 0 radical (unpaired) electrons. The Kier molecular flexibility index (Phi) is 1.78. The first kappa shape index (κ1) is 7.68. The summed E-state index contributed by atoms with van der Waals surface area (Å²) < 4.78 is 0.543. The topological polar surface area (TPSA) is 67.6 Å². The Morgan fingerprint density at radius 3 is 2.40 bits per heavy atom. The maximum atomic E-state index is 5.72. The summed E-state index contributed by atoms with van der Waals surface area (Å²) >= 11 is 3.12. The van der Waals surface area contributed by atoms with Gasteiger partial charge in [0.1, 0.15) is 5.82 Å². The first-order valence-corrected chi connectivity index (χ1v) is 3.67. The molecular formula is C5H9BrN4. The van der Waals surface area contributed by atoms with Crippen LogP contribution in [0.15, 0.2) is 4.73 Å². The minimum atomic E-state index is -0.445. The first-order chi connectivity index (χ1) is 4.50. The van der Waals surface area contributed by atoms with Crippen LogP contribution in [0.5, 0.6) is 0 Å². The Balaban J connectivity index is 2.96. The third-order valence-corrected chi connectivity index (χ3v) is 1.42. The molecule has 0 aromatic carbocycles. The summed E-state index contributed by atoms with van der Waals surface area (Å²) in [5.41, 5.74) is 5.27. The normalized spacial score (nSPS) is 12.0. The lowest BCUT2D eigenvalue weighted by molar-refractivity contribution is 0.516. The van der Waals surface area contributed by atoms with E-state index in [0.29, 0.717) is 10.6 Å². The number of H-pyrrole nitrogens is 1. The van der Waals surface area contributed by atoms with Gasteiger partial charge in [-0.1, -0.05) is 0 Å². The van der Waals surface area contributed by atoms with Crippen LogP contribution in [0.25, 0.3) is 0 Å². The van der Waals surface area contributed by atoms with Crippen molar-refractivity contribution in [2.24, 2.45) is 5.73 Å². The lowest BCUT2D eigenvalue weighted by Crippen LogP contribution is -2.30. The minimum absolute atomic E-state index is 0.445. The highest BCUT2D eigenvalue weighted by atomic mass is 79.9. The van der Waals surface area contributed by atoms with E-state index in [4.69, 9.17) is 5.73 Å². The Morgan fingerprint density at radius 1 is 1.60 bits per heavy atom. The summed E-state index contributed by atoms with van der Waals surface area (Å²) in [6.45, 7) is 3.72. The Labute approximate surface area is 67.4 Å². The molecule has 0 aliphatic rings. The van der Waals surface area contributed by atoms with Crippen molar-refractivity contribution < 1.29 is 0 Å². The number of halogens is 1. The zero-order valence-electron chi connectivity index (χ0n) is 5.85. The average Bonchev–Trinajstić information content (AvgIpc) is 2.11. The number of nitrogens with one attached hydrogen (secondary N) is 1. The van der Waals surface area contributed by atoms with Crippen LogP contribution < -0.4 is 5.73 Å². The van der Waals surface area contributed by atoms with Crippen molar-refractivity contribution in [2.45, 2.75) is 19.4 Å². The third kappa shape index (κ3) is 1.54. The number of nitrogens with zero attached hydrogens (tertiary/aromatic N) is 2. The number of hydrogen-bond acceptors (Lipinski definition) is 3. The van der Waals surface area contributed by atoms with Gasteiger partial charge in [-0.25, -0.2) is 4.98 Å². The maximum Gasteiger partial charge on any atom is 0.217 e. The van der Waals surface area contributed by atoms with Crippen LogP contribution >= 0.6 is 15.9 Å². The van der Waals surface area contributed by atoms with E-state index in [1.807, 2.05) is 13.8 Å². The van der Waals surface area contributed by atoms with Crippen molar-refractivity contribution in [3.8, 4) is 0 Å². The van der Waals surface area contributed by atoms with Crippen LogP contribution in [0.4, 0.5) is 0 Å². The minimum Gasteiger partial charge on any atom is -0.319 e. The SMILES string of the molecule is CC(C)(N)c1nc(Br)n[nH]1. The predicted molar refractivity (Wildman–Crippen MR) is 41.3 cm³/mol. The summed E-state index contributed by atoms with van der Waals surface area (Å²) in [5.74, 6) is 0.680. The molecule has 0 atom stereocenters. The number of rotatable bonds is 1. The molecule has 0 amide bonds. The molecule has 0 fully saturated rings. The van der Waals surface area contributed by atoms with E-state index in [-0.39, 0.29) is 0 Å². The molecule has 1 aromatic rings. The fourth-order valence-corrected chi connectivity index (χ4v) is 0.795. The highest BCUT2D eigenvalue weighted by molar-refractivity contribution is 9.10. The van der Waals surface area contributed by atoms with Crippen LogP contribution in [0.1, 0.15) is 19.7 Å². The van der Waals surface area contributed by atoms with Gasteiger partial charge in [0.05, 0.1) is 5.54 Å². The molecule has 1 rings (SSSR count). The van der Waals surface area contributed by atoms with Crippen LogP contribution in [0.2, 0.25) is 0 Å². The molecule has 1 heterocycles. The molecule has 3 N–H and O–H groups in total. The second-order valence-corrected chi connectivity index (χ2v) is 3.38. The van der Waals surface area contributed by atoms with E-state index in [1.165, 1.54) is 0 Å². The van der Waals surface area contributed by atoms with Crippen molar-refractivity contribution in [3.05, 3.63) is 10.6 Å². The van der Waals surface area contributed by atoms with E-state index in [9.17, 15) is 0 Å². The zero-order chi connectivity index (χ0) is 7.78. The molecule has 0 unspecified atom stereocenters. The quantitative estimate of drug-likeness (QED) is 0.711. The number of hydrogen-bond donors (Lipinski definition) is 2. The molecule has 5 heteroatoms. The predicted octanol–water partition coefficient (Wildman–Crippen LogP) is 0.761. The van der Waals surface area contributed by atoms with E-state index >= 15 is 0 Å². The molecule has 0 bridgehead atoms. The lowest BCUT2D eigenvalue weighted by atomic mass is 10.1. The van der Waals surface area contributed by atoms with Crippen LogP contribution in [-0.4, -0.2) is 15.2 Å². The Hall–Kier alpha value is -0.420. The van der Waals surface area contributed by atoms with Gasteiger partial charge in [-0.3, -0.25) is 5.10 Å². The van der Waals surface area contributed by atoms with Crippen molar-refractivity contribution in [2.75, 3.05) is 0 Å². The fourth-order valence-electron chi connectivity index (χ4n) is 0.529. The third-order valence-electron chi connectivity index (χ3n) is 1.07. The van der Waals surface area contributed by atoms with Gasteiger partial charge in [0.25, 0.3) is 0 Å². The summed E-state index contributed by atoms with van der Waals surface area (Å²) in [6.07, 6.45) is 0. The van der Waals surface area contributed by atoms with Crippen molar-refractivity contribution >= 4 is 15.9 Å². The molecular weight excluding hydrogens is 196 g/mol. The Morgan fingerprint density at radius 2 is 2.20 bits per heavy atom. The van der Waals surface area contributed by atoms with Gasteiger partial charge in [-0.2, -0.15) is 0 Å². The van der Waals surface area contributed by atoms with Gasteiger partial charge in [0.15, 0.2) is 0 Å². The van der Waals surface area contributed by atoms with Gasteiger partial charge in [-0.05, 0) is 29.8 Å².